The fraction of sp³-hybridized carbons (Fsp3) is 0.462. The van der Waals surface area contributed by atoms with E-state index in [2.05, 4.69) is 0 Å². The molecule has 0 aliphatic rings. The van der Waals surface area contributed by atoms with Crippen molar-refractivity contribution in [2.45, 2.75) is 39.2 Å². The van der Waals surface area contributed by atoms with Crippen LogP contribution in [-0.2, 0) is 11.2 Å². The topological polar surface area (TPSA) is 37.3 Å². The van der Waals surface area contributed by atoms with Gasteiger partial charge in [0.2, 0.25) is 0 Å². The van der Waals surface area contributed by atoms with E-state index >= 15 is 0 Å². The number of aliphatic hydroxyl groups excluding tert-OH is 1. The maximum atomic E-state index is 13.0. The zero-order valence-electron chi connectivity index (χ0n) is 9.66. The molecule has 0 unspecified atom stereocenters. The fourth-order valence-corrected chi connectivity index (χ4v) is 1.73. The van der Waals surface area contributed by atoms with Crippen LogP contribution in [0.2, 0.25) is 0 Å². The van der Waals surface area contributed by atoms with Crippen LogP contribution in [0.5, 0.6) is 0 Å². The van der Waals surface area contributed by atoms with E-state index in [-0.39, 0.29) is 11.6 Å². The van der Waals surface area contributed by atoms with Gasteiger partial charge in [-0.2, -0.15) is 0 Å². The Morgan fingerprint density at radius 2 is 2.19 bits per heavy atom. The summed E-state index contributed by atoms with van der Waals surface area (Å²) in [5.74, 6) is -0.169. The monoisotopic (exact) mass is 224 g/mol. The largest absolute Gasteiger partial charge is 0.389 e. The van der Waals surface area contributed by atoms with Crippen LogP contribution < -0.4 is 0 Å². The Morgan fingerprint density at radius 1 is 1.50 bits per heavy atom. The summed E-state index contributed by atoms with van der Waals surface area (Å²) >= 11 is 0. The van der Waals surface area contributed by atoms with Crippen molar-refractivity contribution in [1.29, 1.82) is 0 Å². The van der Waals surface area contributed by atoms with E-state index in [1.54, 1.807) is 19.9 Å². The maximum absolute atomic E-state index is 13.0. The van der Waals surface area contributed by atoms with E-state index < -0.39 is 6.10 Å². The summed E-state index contributed by atoms with van der Waals surface area (Å²) < 4.78 is 13.0. The first kappa shape index (κ1) is 12.8. The molecule has 1 aromatic rings. The first-order valence-corrected chi connectivity index (χ1v) is 5.46. The van der Waals surface area contributed by atoms with E-state index in [4.69, 9.17) is 0 Å². The van der Waals surface area contributed by atoms with Gasteiger partial charge in [0, 0.05) is 6.42 Å². The zero-order chi connectivity index (χ0) is 12.1. The average molecular weight is 224 g/mol. The molecule has 1 aromatic carbocycles. The Labute approximate surface area is 95.1 Å². The summed E-state index contributed by atoms with van der Waals surface area (Å²) in [7, 11) is 0. The van der Waals surface area contributed by atoms with Crippen LogP contribution in [0.4, 0.5) is 4.39 Å². The number of Topliss-reactive ketones (excluding diaryl/α,β-unsaturated/α-hetero) is 1. The lowest BCUT2D eigenvalue weighted by Gasteiger charge is -2.11. The molecule has 0 aromatic heterocycles. The second kappa shape index (κ2) is 5.75. The molecule has 1 rings (SSSR count). The van der Waals surface area contributed by atoms with Gasteiger partial charge in [0.05, 0.1) is 6.10 Å². The fourth-order valence-electron chi connectivity index (χ4n) is 1.73. The van der Waals surface area contributed by atoms with Crippen molar-refractivity contribution >= 4 is 5.78 Å². The number of hydrogen-bond donors (Lipinski definition) is 1. The van der Waals surface area contributed by atoms with Crippen LogP contribution in [0.15, 0.2) is 18.2 Å². The highest BCUT2D eigenvalue weighted by Crippen LogP contribution is 2.20. The van der Waals surface area contributed by atoms with Crippen molar-refractivity contribution in [2.75, 3.05) is 0 Å². The Morgan fingerprint density at radius 3 is 2.75 bits per heavy atom. The van der Waals surface area contributed by atoms with Gasteiger partial charge in [0.25, 0.3) is 0 Å². The van der Waals surface area contributed by atoms with E-state index in [1.165, 1.54) is 12.1 Å². The Bertz CT molecular complexity index is 372. The van der Waals surface area contributed by atoms with Crippen molar-refractivity contribution in [1.82, 2.24) is 0 Å². The molecule has 88 valence electrons. The Hall–Kier alpha value is -1.22. The molecule has 0 fully saturated rings. The van der Waals surface area contributed by atoms with Crippen LogP contribution >= 0.6 is 0 Å². The smallest absolute Gasteiger partial charge is 0.129 e. The van der Waals surface area contributed by atoms with Crippen LogP contribution in [0.3, 0.4) is 0 Å². The minimum Gasteiger partial charge on any atom is -0.389 e. The lowest BCUT2D eigenvalue weighted by atomic mass is 9.98. The van der Waals surface area contributed by atoms with Gasteiger partial charge in [-0.15, -0.1) is 0 Å². The number of halogens is 1. The molecule has 3 heteroatoms. The highest BCUT2D eigenvalue weighted by atomic mass is 19.1. The molecular formula is C13H17FO2. The lowest BCUT2D eigenvalue weighted by molar-refractivity contribution is -0.117. The van der Waals surface area contributed by atoms with E-state index in [0.29, 0.717) is 19.3 Å². The molecule has 16 heavy (non-hydrogen) atoms. The number of aryl methyl sites for hydroxylation is 1. The van der Waals surface area contributed by atoms with Crippen LogP contribution in [0.1, 0.15) is 43.9 Å². The van der Waals surface area contributed by atoms with Gasteiger partial charge in [-0.1, -0.05) is 6.07 Å². The van der Waals surface area contributed by atoms with Crippen LogP contribution in [0, 0.1) is 5.82 Å². The summed E-state index contributed by atoms with van der Waals surface area (Å²) in [6, 6.07) is 4.38. The van der Waals surface area contributed by atoms with Crippen molar-refractivity contribution in [3.63, 3.8) is 0 Å². The van der Waals surface area contributed by atoms with Gasteiger partial charge < -0.3 is 9.90 Å². The molecule has 0 aliphatic carbocycles. The van der Waals surface area contributed by atoms with Crippen molar-refractivity contribution in [3.05, 3.63) is 35.1 Å². The third-order valence-corrected chi connectivity index (χ3v) is 2.53. The minimum atomic E-state index is -0.604. The van der Waals surface area contributed by atoms with Crippen molar-refractivity contribution in [2.24, 2.45) is 0 Å². The Balaban J connectivity index is 2.76. The maximum Gasteiger partial charge on any atom is 0.129 e. The molecule has 0 amide bonds. The molecule has 0 saturated heterocycles. The molecule has 0 saturated carbocycles. The third kappa shape index (κ3) is 3.74. The predicted octanol–water partition coefficient (Wildman–Crippen LogP) is 2.79. The molecule has 1 N–H and O–H groups in total. The van der Waals surface area contributed by atoms with Gasteiger partial charge >= 0.3 is 0 Å². The summed E-state index contributed by atoms with van der Waals surface area (Å²) in [4.78, 5) is 10.8. The average Bonchev–Trinajstić information content (AvgIpc) is 2.16. The second-order valence-electron chi connectivity index (χ2n) is 4.07. The molecule has 0 spiro atoms. The zero-order valence-corrected chi connectivity index (χ0v) is 9.66. The van der Waals surface area contributed by atoms with Gasteiger partial charge in [-0.25, -0.2) is 4.39 Å². The molecule has 2 nitrogen and oxygen atoms in total. The normalized spacial score (nSPS) is 12.5. The van der Waals surface area contributed by atoms with E-state index in [0.717, 1.165) is 11.1 Å². The van der Waals surface area contributed by atoms with E-state index in [9.17, 15) is 14.3 Å². The Kier molecular flexibility index (Phi) is 4.62. The predicted molar refractivity (Wildman–Crippen MR) is 60.7 cm³/mol. The number of carbonyl (C=O) groups excluding carboxylic acids is 1. The second-order valence-corrected chi connectivity index (χ2v) is 4.07. The van der Waals surface area contributed by atoms with Gasteiger partial charge in [-0.3, -0.25) is 0 Å². The van der Waals surface area contributed by atoms with E-state index in [1.807, 2.05) is 0 Å². The van der Waals surface area contributed by atoms with Gasteiger partial charge in [0.1, 0.15) is 11.6 Å². The first-order valence-electron chi connectivity index (χ1n) is 5.46. The molecular weight excluding hydrogens is 207 g/mol. The van der Waals surface area contributed by atoms with Crippen molar-refractivity contribution in [3.8, 4) is 0 Å². The van der Waals surface area contributed by atoms with Gasteiger partial charge in [0.15, 0.2) is 0 Å². The van der Waals surface area contributed by atoms with Gasteiger partial charge in [-0.05, 0) is 49.9 Å². The standard InChI is InChI=1S/C13H17FO2/c1-9(15)4-3-5-11-8-12(14)6-7-13(11)10(2)16/h6-8,10,16H,3-5H2,1-2H3/t10-/m0/s1. The number of ketones is 1. The molecule has 0 bridgehead atoms. The van der Waals surface area contributed by atoms with Crippen molar-refractivity contribution < 1.29 is 14.3 Å². The summed E-state index contributed by atoms with van der Waals surface area (Å²) in [6.07, 6.45) is 1.21. The van der Waals surface area contributed by atoms with Crippen LogP contribution in [0.25, 0.3) is 0 Å². The third-order valence-electron chi connectivity index (χ3n) is 2.53. The summed E-state index contributed by atoms with van der Waals surface area (Å²) in [6.45, 7) is 3.20. The number of carbonyl (C=O) groups is 1. The molecule has 0 radical (unpaired) electrons. The molecule has 0 heterocycles. The van der Waals surface area contributed by atoms with Crippen LogP contribution in [-0.4, -0.2) is 10.9 Å². The number of aliphatic hydroxyl groups is 1. The SMILES string of the molecule is CC(=O)CCCc1cc(F)ccc1[C@H](C)O. The molecule has 1 atom stereocenters. The highest BCUT2D eigenvalue weighted by Gasteiger charge is 2.09. The first-order chi connectivity index (χ1) is 7.50. The number of hydrogen-bond acceptors (Lipinski definition) is 2. The number of rotatable bonds is 5. The number of benzene rings is 1. The summed E-state index contributed by atoms with van der Waals surface area (Å²) in [5.41, 5.74) is 1.53. The highest BCUT2D eigenvalue weighted by molar-refractivity contribution is 5.75. The minimum absolute atomic E-state index is 0.134. The molecule has 0 aliphatic heterocycles. The lowest BCUT2D eigenvalue weighted by Crippen LogP contribution is -2.01. The quantitative estimate of drug-likeness (QED) is 0.835. The summed E-state index contributed by atoms with van der Waals surface area (Å²) in [5, 5.41) is 9.51.